The first-order valence-corrected chi connectivity index (χ1v) is 10.1. The topological polar surface area (TPSA) is 35.9 Å². The van der Waals surface area contributed by atoms with E-state index in [-0.39, 0.29) is 17.8 Å². The Balaban J connectivity index is 1.87. The quantitative estimate of drug-likeness (QED) is 0.556. The van der Waals surface area contributed by atoms with Gasteiger partial charge in [0.2, 0.25) is 0 Å². The van der Waals surface area contributed by atoms with E-state index < -0.39 is 0 Å². The fourth-order valence-corrected chi connectivity index (χ4v) is 3.65. The predicted octanol–water partition coefficient (Wildman–Crippen LogP) is 5.62. The molecule has 0 bridgehead atoms. The largest absolute Gasteiger partial charge is 0.295 e. The summed E-state index contributed by atoms with van der Waals surface area (Å²) in [5, 5.41) is 6.56. The number of anilines is 2. The van der Waals surface area contributed by atoms with Gasteiger partial charge in [0.15, 0.2) is 17.8 Å². The van der Waals surface area contributed by atoms with E-state index in [1.54, 1.807) is 12.1 Å². The van der Waals surface area contributed by atoms with Gasteiger partial charge in [-0.1, -0.05) is 48.9 Å². The van der Waals surface area contributed by atoms with Gasteiger partial charge in [-0.05, 0) is 60.9 Å². The van der Waals surface area contributed by atoms with Gasteiger partial charge in [0.25, 0.3) is 0 Å². The second-order valence-corrected chi connectivity index (χ2v) is 7.48. The van der Waals surface area contributed by atoms with Crippen LogP contribution in [0, 0.1) is 12.7 Å². The number of amidine groups is 1. The Hall–Kier alpha value is -3.47. The molecule has 30 heavy (non-hydrogen) atoms. The average Bonchev–Trinajstić information content (AvgIpc) is 3.16. The van der Waals surface area contributed by atoms with E-state index in [1.807, 2.05) is 41.1 Å². The SMILES string of the molecule is CCc1ccc([C@@H]2N(c3ccc(C)cc3)N=C(C(C)=O)N2c2ccc(F)cc2)cc1. The second-order valence-electron chi connectivity index (χ2n) is 7.48. The van der Waals surface area contributed by atoms with Crippen LogP contribution in [-0.4, -0.2) is 11.6 Å². The van der Waals surface area contributed by atoms with Crippen LogP contribution in [0.25, 0.3) is 0 Å². The Morgan fingerprint density at radius 2 is 1.53 bits per heavy atom. The fraction of sp³-hybridized carbons (Fsp3) is 0.200. The van der Waals surface area contributed by atoms with Crippen LogP contribution in [0.3, 0.4) is 0 Å². The summed E-state index contributed by atoms with van der Waals surface area (Å²) in [6.45, 7) is 5.65. The number of hydrogen-bond acceptors (Lipinski definition) is 4. The molecule has 0 spiro atoms. The predicted molar refractivity (Wildman–Crippen MR) is 119 cm³/mol. The molecule has 5 heteroatoms. The number of halogens is 1. The molecule has 1 aliphatic heterocycles. The smallest absolute Gasteiger partial charge is 0.198 e. The summed E-state index contributed by atoms with van der Waals surface area (Å²) in [5.74, 6) is -0.144. The molecule has 1 atom stereocenters. The molecule has 4 nitrogen and oxygen atoms in total. The molecule has 0 amide bonds. The number of rotatable bonds is 5. The van der Waals surface area contributed by atoms with Crippen molar-refractivity contribution in [3.05, 3.63) is 95.3 Å². The number of hydrazone groups is 1. The van der Waals surface area contributed by atoms with Gasteiger partial charge in [0.1, 0.15) is 5.82 Å². The molecule has 0 saturated heterocycles. The van der Waals surface area contributed by atoms with Gasteiger partial charge in [-0.2, -0.15) is 0 Å². The molecule has 1 aliphatic rings. The first kappa shape index (κ1) is 19.8. The van der Waals surface area contributed by atoms with Crippen molar-refractivity contribution in [3.63, 3.8) is 0 Å². The zero-order valence-electron chi connectivity index (χ0n) is 17.3. The fourth-order valence-electron chi connectivity index (χ4n) is 3.65. The minimum atomic E-state index is -0.358. The average molecular weight is 401 g/mol. The maximum atomic E-state index is 13.6. The van der Waals surface area contributed by atoms with Crippen LogP contribution in [0.5, 0.6) is 0 Å². The van der Waals surface area contributed by atoms with Crippen LogP contribution in [0.15, 0.2) is 77.9 Å². The number of carbonyl (C=O) groups excluding carboxylic acids is 1. The number of benzene rings is 3. The zero-order valence-corrected chi connectivity index (χ0v) is 17.3. The van der Waals surface area contributed by atoms with Gasteiger partial charge in [-0.3, -0.25) is 9.69 Å². The van der Waals surface area contributed by atoms with E-state index >= 15 is 0 Å². The second kappa shape index (κ2) is 8.11. The molecule has 152 valence electrons. The third-order valence-corrected chi connectivity index (χ3v) is 5.31. The van der Waals surface area contributed by atoms with Crippen LogP contribution in [0.1, 0.15) is 36.7 Å². The van der Waals surface area contributed by atoms with Crippen molar-refractivity contribution in [1.82, 2.24) is 0 Å². The number of nitrogens with zero attached hydrogens (tertiary/aromatic N) is 3. The molecular weight excluding hydrogens is 377 g/mol. The lowest BCUT2D eigenvalue weighted by atomic mass is 10.1. The Morgan fingerprint density at radius 1 is 0.933 bits per heavy atom. The molecular formula is C25H24FN3O. The maximum Gasteiger partial charge on any atom is 0.198 e. The Labute approximate surface area is 176 Å². The number of aryl methyl sites for hydroxylation is 2. The number of ketones is 1. The van der Waals surface area contributed by atoms with E-state index in [4.69, 9.17) is 5.10 Å². The maximum absolute atomic E-state index is 13.6. The highest BCUT2D eigenvalue weighted by Crippen LogP contribution is 2.39. The first-order chi connectivity index (χ1) is 14.5. The molecule has 0 aromatic heterocycles. The van der Waals surface area contributed by atoms with Crippen LogP contribution >= 0.6 is 0 Å². The summed E-state index contributed by atoms with van der Waals surface area (Å²) in [7, 11) is 0. The summed E-state index contributed by atoms with van der Waals surface area (Å²) < 4.78 is 13.6. The summed E-state index contributed by atoms with van der Waals surface area (Å²) in [5.41, 5.74) is 4.97. The molecule has 0 aliphatic carbocycles. The summed E-state index contributed by atoms with van der Waals surface area (Å²) >= 11 is 0. The van der Waals surface area contributed by atoms with Crippen molar-refractivity contribution in [1.29, 1.82) is 0 Å². The lowest BCUT2D eigenvalue weighted by Gasteiger charge is -2.32. The van der Waals surface area contributed by atoms with Gasteiger partial charge in [-0.15, -0.1) is 5.10 Å². The van der Waals surface area contributed by atoms with Crippen molar-refractivity contribution < 1.29 is 9.18 Å². The highest BCUT2D eigenvalue weighted by atomic mass is 19.1. The standard InChI is InChI=1S/C25H24FN3O/c1-4-19-7-9-20(10-8-19)25-28(22-15-11-21(26)12-16-22)24(18(3)30)27-29(25)23-13-5-17(2)6-14-23/h5-16,25H,4H2,1-3H3/t25-/m0/s1. The number of hydrogen-bond donors (Lipinski definition) is 0. The van der Waals surface area contributed by atoms with Crippen LogP contribution in [0.2, 0.25) is 0 Å². The van der Waals surface area contributed by atoms with E-state index in [0.29, 0.717) is 11.5 Å². The summed E-state index contributed by atoms with van der Waals surface area (Å²) in [4.78, 5) is 14.4. The van der Waals surface area contributed by atoms with Gasteiger partial charge in [0.05, 0.1) is 5.69 Å². The van der Waals surface area contributed by atoms with Crippen molar-refractivity contribution >= 4 is 23.0 Å². The normalized spacial score (nSPS) is 16.0. The van der Waals surface area contributed by atoms with E-state index in [0.717, 1.165) is 23.2 Å². The van der Waals surface area contributed by atoms with Gasteiger partial charge in [0, 0.05) is 12.6 Å². The Bertz CT molecular complexity index is 1070. The van der Waals surface area contributed by atoms with Crippen molar-refractivity contribution in [3.8, 4) is 0 Å². The van der Waals surface area contributed by atoms with E-state index in [1.165, 1.54) is 24.6 Å². The third-order valence-electron chi connectivity index (χ3n) is 5.31. The summed E-state index contributed by atoms with van der Waals surface area (Å²) in [6.07, 6.45) is 0.590. The Morgan fingerprint density at radius 3 is 2.10 bits per heavy atom. The molecule has 3 aromatic carbocycles. The molecule has 0 unspecified atom stereocenters. The number of carbonyl (C=O) groups is 1. The molecule has 1 heterocycles. The minimum Gasteiger partial charge on any atom is -0.295 e. The lowest BCUT2D eigenvalue weighted by Crippen LogP contribution is -2.37. The first-order valence-electron chi connectivity index (χ1n) is 10.1. The monoisotopic (exact) mass is 401 g/mol. The van der Waals surface area contributed by atoms with E-state index in [9.17, 15) is 9.18 Å². The minimum absolute atomic E-state index is 0.149. The molecule has 0 N–H and O–H groups in total. The van der Waals surface area contributed by atoms with Crippen molar-refractivity contribution in [2.24, 2.45) is 5.10 Å². The van der Waals surface area contributed by atoms with Crippen LogP contribution in [-0.2, 0) is 11.2 Å². The van der Waals surface area contributed by atoms with Gasteiger partial charge >= 0.3 is 0 Å². The Kier molecular flexibility index (Phi) is 5.36. The van der Waals surface area contributed by atoms with Crippen molar-refractivity contribution in [2.45, 2.75) is 33.4 Å². The molecule has 4 rings (SSSR count). The highest BCUT2D eigenvalue weighted by Gasteiger charge is 2.39. The zero-order chi connectivity index (χ0) is 21.3. The molecule has 0 radical (unpaired) electrons. The van der Waals surface area contributed by atoms with E-state index in [2.05, 4.69) is 31.2 Å². The van der Waals surface area contributed by atoms with Crippen molar-refractivity contribution in [2.75, 3.05) is 9.91 Å². The van der Waals surface area contributed by atoms with Gasteiger partial charge in [-0.25, -0.2) is 9.40 Å². The van der Waals surface area contributed by atoms with Crippen LogP contribution in [0.4, 0.5) is 15.8 Å². The van der Waals surface area contributed by atoms with Crippen LogP contribution < -0.4 is 9.91 Å². The molecule has 0 fully saturated rings. The molecule has 0 saturated carbocycles. The molecule has 3 aromatic rings. The highest BCUT2D eigenvalue weighted by molar-refractivity contribution is 6.44. The number of Topliss-reactive ketones (excluding diaryl/α,β-unsaturated/α-hetero) is 1. The lowest BCUT2D eigenvalue weighted by molar-refractivity contribution is -0.111. The third kappa shape index (κ3) is 3.71. The van der Waals surface area contributed by atoms with Gasteiger partial charge < -0.3 is 0 Å². The summed E-state index contributed by atoms with van der Waals surface area (Å²) in [6, 6.07) is 22.5.